The van der Waals surface area contributed by atoms with E-state index in [2.05, 4.69) is 13.2 Å². The second kappa shape index (κ2) is 10.0. The third-order valence-electron chi connectivity index (χ3n) is 0.817. The Morgan fingerprint density at radius 3 is 2.00 bits per heavy atom. The summed E-state index contributed by atoms with van der Waals surface area (Å²) in [4.78, 5) is 0. The van der Waals surface area contributed by atoms with Crippen LogP contribution in [0.25, 0.3) is 0 Å². The summed E-state index contributed by atoms with van der Waals surface area (Å²) in [5.41, 5.74) is 0. The van der Waals surface area contributed by atoms with Crippen LogP contribution in [0, 0.1) is 0 Å². The van der Waals surface area contributed by atoms with Crippen molar-refractivity contribution in [2.24, 2.45) is 0 Å². The van der Waals surface area contributed by atoms with Crippen molar-refractivity contribution in [1.29, 1.82) is 0 Å². The fraction of sp³-hybridized carbons (Fsp3) is 0.200. The lowest BCUT2D eigenvalue weighted by Crippen LogP contribution is -1.69. The van der Waals surface area contributed by atoms with Crippen molar-refractivity contribution >= 4 is 11.6 Å². The average molecular weight is 187 g/mol. The molecule has 2 heteroatoms. The molecule has 1 N–H and O–H groups in total. The van der Waals surface area contributed by atoms with Gasteiger partial charge in [-0.2, -0.15) is 0 Å². The van der Waals surface area contributed by atoms with Crippen LogP contribution in [0.3, 0.4) is 0 Å². The molecule has 0 fully saturated rings. The van der Waals surface area contributed by atoms with E-state index in [1.54, 1.807) is 0 Å². The molecule has 0 saturated carbocycles. The van der Waals surface area contributed by atoms with Gasteiger partial charge in [0.2, 0.25) is 0 Å². The Hall–Kier alpha value is -0.950. The Kier molecular flexibility index (Phi) is 11.4. The Morgan fingerprint density at radius 2 is 1.67 bits per heavy atom. The largest absolute Gasteiger partial charge is 0.508 e. The Bertz CT molecular complexity index is 168. The van der Waals surface area contributed by atoms with Crippen molar-refractivity contribution in [3.8, 4) is 0 Å². The number of hydrogen-bond donors (Lipinski definition) is 1. The molecule has 0 aliphatic carbocycles. The van der Waals surface area contributed by atoms with E-state index in [9.17, 15) is 0 Å². The highest BCUT2D eigenvalue weighted by Gasteiger charge is 1.80. The standard InChI is InChI=1S/C8H9ClO.C2H6/c1-3-7(9)5-6-8(10)4-2;1-2/h3-6,10H,1-2H2;1-2H3/b7-5+,8-6+;. The summed E-state index contributed by atoms with van der Waals surface area (Å²) < 4.78 is 0. The van der Waals surface area contributed by atoms with Gasteiger partial charge in [-0.25, -0.2) is 0 Å². The molecule has 0 atom stereocenters. The number of aliphatic hydroxyl groups excluding tert-OH is 1. The van der Waals surface area contributed by atoms with Gasteiger partial charge >= 0.3 is 0 Å². The minimum Gasteiger partial charge on any atom is -0.508 e. The van der Waals surface area contributed by atoms with Gasteiger partial charge in [-0.05, 0) is 18.2 Å². The van der Waals surface area contributed by atoms with Gasteiger partial charge in [-0.3, -0.25) is 0 Å². The molecule has 0 amide bonds. The molecule has 0 aromatic carbocycles. The Labute approximate surface area is 79.4 Å². The van der Waals surface area contributed by atoms with Gasteiger partial charge in [0.1, 0.15) is 5.76 Å². The topological polar surface area (TPSA) is 20.2 Å². The zero-order valence-corrected chi connectivity index (χ0v) is 8.30. The van der Waals surface area contributed by atoms with E-state index in [1.165, 1.54) is 24.3 Å². The highest BCUT2D eigenvalue weighted by Crippen LogP contribution is 2.02. The van der Waals surface area contributed by atoms with Crippen LogP contribution in [-0.2, 0) is 0 Å². The lowest BCUT2D eigenvalue weighted by Gasteiger charge is -1.85. The van der Waals surface area contributed by atoms with Crippen molar-refractivity contribution in [1.82, 2.24) is 0 Å². The zero-order valence-electron chi connectivity index (χ0n) is 7.55. The Morgan fingerprint density at radius 1 is 1.17 bits per heavy atom. The van der Waals surface area contributed by atoms with Crippen LogP contribution in [0.1, 0.15) is 13.8 Å². The lowest BCUT2D eigenvalue weighted by molar-refractivity contribution is 0.433. The van der Waals surface area contributed by atoms with E-state index < -0.39 is 0 Å². The first-order valence-corrected chi connectivity index (χ1v) is 4.10. The summed E-state index contributed by atoms with van der Waals surface area (Å²) in [6.45, 7) is 10.8. The van der Waals surface area contributed by atoms with Gasteiger partial charge in [-0.15, -0.1) is 0 Å². The molecule has 1 nitrogen and oxygen atoms in total. The monoisotopic (exact) mass is 186 g/mol. The summed E-state index contributed by atoms with van der Waals surface area (Å²) in [7, 11) is 0. The van der Waals surface area contributed by atoms with Crippen LogP contribution < -0.4 is 0 Å². The second-order valence-corrected chi connectivity index (χ2v) is 1.99. The van der Waals surface area contributed by atoms with E-state index in [4.69, 9.17) is 16.7 Å². The number of hydrogen-bond acceptors (Lipinski definition) is 1. The number of allylic oxidation sites excluding steroid dienone is 5. The molecule has 0 bridgehead atoms. The Balaban J connectivity index is 0. The summed E-state index contributed by atoms with van der Waals surface area (Å²) in [5.74, 6) is 0.0833. The molecule has 0 aromatic heterocycles. The zero-order chi connectivity index (χ0) is 9.98. The molecular weight excluding hydrogens is 172 g/mol. The first-order chi connectivity index (χ1) is 5.70. The van der Waals surface area contributed by atoms with E-state index in [0.717, 1.165) is 0 Å². The maximum absolute atomic E-state index is 8.81. The molecule has 0 aromatic rings. The summed E-state index contributed by atoms with van der Waals surface area (Å²) >= 11 is 5.52. The predicted molar refractivity (Wildman–Crippen MR) is 56.4 cm³/mol. The van der Waals surface area contributed by atoms with Crippen molar-refractivity contribution in [3.63, 3.8) is 0 Å². The van der Waals surface area contributed by atoms with Gasteiger partial charge in [-0.1, -0.05) is 44.7 Å². The molecule has 0 heterocycles. The van der Waals surface area contributed by atoms with E-state index in [0.29, 0.717) is 5.03 Å². The maximum Gasteiger partial charge on any atom is 0.115 e. The lowest BCUT2D eigenvalue weighted by atomic mass is 10.4. The molecule has 0 rings (SSSR count). The molecule has 0 aliphatic rings. The van der Waals surface area contributed by atoms with Crippen molar-refractivity contribution in [3.05, 3.63) is 48.3 Å². The van der Waals surface area contributed by atoms with Gasteiger partial charge < -0.3 is 5.11 Å². The van der Waals surface area contributed by atoms with Gasteiger partial charge in [0.15, 0.2) is 0 Å². The summed E-state index contributed by atoms with van der Waals surface area (Å²) in [6, 6.07) is 0. The van der Waals surface area contributed by atoms with Crippen molar-refractivity contribution in [2.45, 2.75) is 13.8 Å². The molecule has 0 saturated heterocycles. The molecule has 68 valence electrons. The van der Waals surface area contributed by atoms with E-state index in [1.807, 2.05) is 13.8 Å². The van der Waals surface area contributed by atoms with Crippen LogP contribution in [0.15, 0.2) is 48.3 Å². The van der Waals surface area contributed by atoms with E-state index >= 15 is 0 Å². The fourth-order valence-corrected chi connectivity index (χ4v) is 0.364. The third-order valence-corrected chi connectivity index (χ3v) is 1.10. The third kappa shape index (κ3) is 9.05. The van der Waals surface area contributed by atoms with Gasteiger partial charge in [0.05, 0.1) is 0 Å². The fourth-order valence-electron chi connectivity index (χ4n) is 0.301. The number of rotatable bonds is 3. The average Bonchev–Trinajstić information content (AvgIpc) is 2.16. The van der Waals surface area contributed by atoms with Gasteiger partial charge in [0, 0.05) is 5.03 Å². The number of aliphatic hydroxyl groups is 1. The van der Waals surface area contributed by atoms with Crippen LogP contribution in [0.4, 0.5) is 0 Å². The molecule has 0 radical (unpaired) electrons. The number of halogens is 1. The second-order valence-electron chi connectivity index (χ2n) is 1.55. The smallest absolute Gasteiger partial charge is 0.115 e. The predicted octanol–water partition coefficient (Wildman–Crippen LogP) is 3.95. The molecule has 0 unspecified atom stereocenters. The van der Waals surface area contributed by atoms with Crippen molar-refractivity contribution < 1.29 is 5.11 Å². The van der Waals surface area contributed by atoms with Crippen LogP contribution in [-0.4, -0.2) is 5.11 Å². The summed E-state index contributed by atoms with van der Waals surface area (Å²) in [6.07, 6.45) is 5.78. The maximum atomic E-state index is 8.81. The first-order valence-electron chi connectivity index (χ1n) is 3.72. The van der Waals surface area contributed by atoms with Crippen LogP contribution in [0.5, 0.6) is 0 Å². The molecule has 0 spiro atoms. The SMILES string of the molecule is C=C/C(O)=C\C=C(\Cl)C=C.CC. The minimum atomic E-state index is 0.0833. The quantitative estimate of drug-likeness (QED) is 0.523. The summed E-state index contributed by atoms with van der Waals surface area (Å²) in [5, 5.41) is 9.29. The molecule has 0 aliphatic heterocycles. The van der Waals surface area contributed by atoms with Gasteiger partial charge in [0.25, 0.3) is 0 Å². The normalized spacial score (nSPS) is 11.2. The van der Waals surface area contributed by atoms with Crippen LogP contribution >= 0.6 is 11.6 Å². The van der Waals surface area contributed by atoms with E-state index in [-0.39, 0.29) is 5.76 Å². The van der Waals surface area contributed by atoms with Crippen LogP contribution in [0.2, 0.25) is 0 Å². The highest BCUT2D eigenvalue weighted by molar-refractivity contribution is 6.31. The highest BCUT2D eigenvalue weighted by atomic mass is 35.5. The first kappa shape index (κ1) is 13.6. The molecular formula is C10H15ClO. The minimum absolute atomic E-state index is 0.0833. The van der Waals surface area contributed by atoms with Crippen molar-refractivity contribution in [2.75, 3.05) is 0 Å². The molecule has 12 heavy (non-hydrogen) atoms.